The van der Waals surface area contributed by atoms with E-state index in [9.17, 15) is 0 Å². The minimum atomic E-state index is 0.558. The maximum atomic E-state index is 6.30. The molecule has 3 heteroatoms. The van der Waals surface area contributed by atoms with Gasteiger partial charge in [0.2, 0.25) is 0 Å². The Kier molecular flexibility index (Phi) is 5.26. The van der Waals surface area contributed by atoms with Crippen LogP contribution in [0.1, 0.15) is 32.8 Å². The molecule has 1 heterocycles. The van der Waals surface area contributed by atoms with Gasteiger partial charge in [0.05, 0.1) is 0 Å². The molecular weight excluding hydrogens is 256 g/mol. The third-order valence-electron chi connectivity index (χ3n) is 4.28. The van der Waals surface area contributed by atoms with Crippen molar-refractivity contribution in [2.24, 2.45) is 5.92 Å². The summed E-state index contributed by atoms with van der Waals surface area (Å²) in [6.45, 7) is 10.0. The molecule has 106 valence electrons. The lowest BCUT2D eigenvalue weighted by atomic mass is 9.94. The Labute approximate surface area is 122 Å². The topological polar surface area (TPSA) is 15.3 Å². The zero-order valence-corrected chi connectivity index (χ0v) is 13.0. The van der Waals surface area contributed by atoms with Gasteiger partial charge >= 0.3 is 0 Å². The number of hydrogen-bond donors (Lipinski definition) is 1. The van der Waals surface area contributed by atoms with Gasteiger partial charge in [-0.1, -0.05) is 50.1 Å². The van der Waals surface area contributed by atoms with Crippen molar-refractivity contribution in [1.29, 1.82) is 0 Å². The maximum absolute atomic E-state index is 6.30. The fourth-order valence-corrected chi connectivity index (χ4v) is 3.06. The molecule has 2 nitrogen and oxygen atoms in total. The van der Waals surface area contributed by atoms with Gasteiger partial charge in [-0.05, 0) is 24.5 Å². The lowest BCUT2D eigenvalue weighted by molar-refractivity contribution is 0.0885. The summed E-state index contributed by atoms with van der Waals surface area (Å²) in [5, 5.41) is 4.49. The van der Waals surface area contributed by atoms with Crippen LogP contribution in [0.2, 0.25) is 5.02 Å². The van der Waals surface area contributed by atoms with E-state index in [4.69, 9.17) is 11.6 Å². The van der Waals surface area contributed by atoms with Gasteiger partial charge in [-0.2, -0.15) is 0 Å². The van der Waals surface area contributed by atoms with Crippen molar-refractivity contribution in [2.75, 3.05) is 13.1 Å². The summed E-state index contributed by atoms with van der Waals surface area (Å²) in [4.78, 5) is 2.59. The van der Waals surface area contributed by atoms with Gasteiger partial charge < -0.3 is 5.32 Å². The summed E-state index contributed by atoms with van der Waals surface area (Å²) < 4.78 is 0. The summed E-state index contributed by atoms with van der Waals surface area (Å²) >= 11 is 6.30. The molecule has 2 rings (SSSR count). The summed E-state index contributed by atoms with van der Waals surface area (Å²) in [7, 11) is 0. The molecule has 3 atom stereocenters. The minimum absolute atomic E-state index is 0.558. The van der Waals surface area contributed by atoms with E-state index in [-0.39, 0.29) is 0 Å². The van der Waals surface area contributed by atoms with E-state index in [2.05, 4.69) is 43.1 Å². The highest BCUT2D eigenvalue weighted by Gasteiger charge is 2.29. The van der Waals surface area contributed by atoms with Gasteiger partial charge in [0, 0.05) is 36.7 Å². The third-order valence-corrected chi connectivity index (χ3v) is 4.65. The maximum Gasteiger partial charge on any atom is 0.0451 e. The molecule has 0 aliphatic carbocycles. The molecule has 1 N–H and O–H groups in total. The van der Waals surface area contributed by atoms with E-state index in [0.717, 1.165) is 24.7 Å². The monoisotopic (exact) mass is 280 g/mol. The average Bonchev–Trinajstić information content (AvgIpc) is 2.41. The van der Waals surface area contributed by atoms with Gasteiger partial charge in [0.15, 0.2) is 0 Å². The Morgan fingerprint density at radius 2 is 2.16 bits per heavy atom. The number of nitrogens with zero attached hydrogens (tertiary/aromatic N) is 1. The molecule has 1 aromatic carbocycles. The van der Waals surface area contributed by atoms with E-state index >= 15 is 0 Å². The van der Waals surface area contributed by atoms with E-state index in [1.165, 1.54) is 12.0 Å². The number of nitrogens with one attached hydrogen (secondary N) is 1. The molecule has 3 unspecified atom stereocenters. The number of hydrogen-bond acceptors (Lipinski definition) is 2. The molecule has 1 aromatic rings. The van der Waals surface area contributed by atoms with E-state index < -0.39 is 0 Å². The van der Waals surface area contributed by atoms with Crippen LogP contribution in [0.5, 0.6) is 0 Å². The highest BCUT2D eigenvalue weighted by Crippen LogP contribution is 2.23. The van der Waals surface area contributed by atoms with Crippen molar-refractivity contribution in [2.45, 2.75) is 45.8 Å². The number of halogens is 1. The standard InChI is InChI=1S/C16H25ClN2/c1-4-12(2)16-9-18-13(3)10-19(16)11-14-7-5-6-8-15(14)17/h5-8,12-13,16,18H,4,9-11H2,1-3H3. The first kappa shape index (κ1) is 14.8. The summed E-state index contributed by atoms with van der Waals surface area (Å²) in [6.07, 6.45) is 1.22. The Morgan fingerprint density at radius 3 is 2.84 bits per heavy atom. The molecule has 1 aliphatic heterocycles. The highest BCUT2D eigenvalue weighted by atomic mass is 35.5. The second kappa shape index (κ2) is 6.74. The van der Waals surface area contributed by atoms with Gasteiger partial charge in [-0.3, -0.25) is 4.90 Å². The first-order chi connectivity index (χ1) is 9.11. The molecule has 0 aromatic heterocycles. The van der Waals surface area contributed by atoms with E-state index in [1.807, 2.05) is 12.1 Å². The molecule has 0 amide bonds. The molecule has 19 heavy (non-hydrogen) atoms. The van der Waals surface area contributed by atoms with Crippen LogP contribution in [-0.4, -0.2) is 30.1 Å². The van der Waals surface area contributed by atoms with E-state index in [1.54, 1.807) is 0 Å². The summed E-state index contributed by atoms with van der Waals surface area (Å²) in [5.74, 6) is 0.711. The van der Waals surface area contributed by atoms with Gasteiger partial charge in [-0.25, -0.2) is 0 Å². The molecule has 1 saturated heterocycles. The van der Waals surface area contributed by atoms with Crippen LogP contribution in [0.25, 0.3) is 0 Å². The van der Waals surface area contributed by atoms with Gasteiger partial charge in [0.1, 0.15) is 0 Å². The molecule has 0 spiro atoms. The molecule has 0 radical (unpaired) electrons. The van der Waals surface area contributed by atoms with Crippen LogP contribution >= 0.6 is 11.6 Å². The Bertz CT molecular complexity index is 407. The lowest BCUT2D eigenvalue weighted by Crippen LogP contribution is -2.57. The van der Waals surface area contributed by atoms with E-state index in [0.29, 0.717) is 18.0 Å². The van der Waals surface area contributed by atoms with Gasteiger partial charge in [0.25, 0.3) is 0 Å². The first-order valence-corrected chi connectivity index (χ1v) is 7.70. The predicted octanol–water partition coefficient (Wildman–Crippen LogP) is 3.55. The Balaban J connectivity index is 2.12. The fraction of sp³-hybridized carbons (Fsp3) is 0.625. The zero-order valence-electron chi connectivity index (χ0n) is 12.2. The zero-order chi connectivity index (χ0) is 13.8. The molecule has 1 aliphatic rings. The quantitative estimate of drug-likeness (QED) is 0.907. The Morgan fingerprint density at radius 1 is 1.42 bits per heavy atom. The van der Waals surface area contributed by atoms with Crippen molar-refractivity contribution in [3.63, 3.8) is 0 Å². The largest absolute Gasteiger partial charge is 0.311 e. The average molecular weight is 281 g/mol. The van der Waals surface area contributed by atoms with Crippen LogP contribution in [0.4, 0.5) is 0 Å². The highest BCUT2D eigenvalue weighted by molar-refractivity contribution is 6.31. The van der Waals surface area contributed by atoms with Crippen LogP contribution in [0, 0.1) is 5.92 Å². The molecule has 1 fully saturated rings. The number of piperazine rings is 1. The van der Waals surface area contributed by atoms with Crippen LogP contribution in [0.15, 0.2) is 24.3 Å². The Hall–Kier alpha value is -0.570. The normalized spacial score (nSPS) is 26.3. The molecular formula is C16H25ClN2. The number of benzene rings is 1. The summed E-state index contributed by atoms with van der Waals surface area (Å²) in [6, 6.07) is 9.37. The summed E-state index contributed by atoms with van der Waals surface area (Å²) in [5.41, 5.74) is 1.24. The van der Waals surface area contributed by atoms with Crippen LogP contribution in [-0.2, 0) is 6.54 Å². The third kappa shape index (κ3) is 3.71. The SMILES string of the molecule is CCC(C)C1CNC(C)CN1Cc1ccccc1Cl. The van der Waals surface area contributed by atoms with Crippen molar-refractivity contribution in [1.82, 2.24) is 10.2 Å². The first-order valence-electron chi connectivity index (χ1n) is 7.32. The second-order valence-corrected chi connectivity index (χ2v) is 6.19. The van der Waals surface area contributed by atoms with Crippen molar-refractivity contribution < 1.29 is 0 Å². The van der Waals surface area contributed by atoms with Gasteiger partial charge in [-0.15, -0.1) is 0 Å². The number of rotatable bonds is 4. The lowest BCUT2D eigenvalue weighted by Gasteiger charge is -2.42. The van der Waals surface area contributed by atoms with Crippen molar-refractivity contribution in [3.8, 4) is 0 Å². The van der Waals surface area contributed by atoms with Crippen molar-refractivity contribution >= 4 is 11.6 Å². The molecule has 0 bridgehead atoms. The second-order valence-electron chi connectivity index (χ2n) is 5.78. The smallest absolute Gasteiger partial charge is 0.0451 e. The fourth-order valence-electron chi connectivity index (χ4n) is 2.86. The molecule has 0 saturated carbocycles. The predicted molar refractivity (Wildman–Crippen MR) is 82.6 cm³/mol. The van der Waals surface area contributed by atoms with Crippen LogP contribution < -0.4 is 5.32 Å². The van der Waals surface area contributed by atoms with Crippen molar-refractivity contribution in [3.05, 3.63) is 34.9 Å². The van der Waals surface area contributed by atoms with Crippen LogP contribution in [0.3, 0.4) is 0 Å². The minimum Gasteiger partial charge on any atom is -0.311 e.